The summed E-state index contributed by atoms with van der Waals surface area (Å²) in [7, 11) is 1.45. The Morgan fingerprint density at radius 1 is 1.09 bits per heavy atom. The van der Waals surface area contributed by atoms with Crippen molar-refractivity contribution in [2.75, 3.05) is 5.32 Å². The second kappa shape index (κ2) is 5.76. The second-order valence-electron chi connectivity index (χ2n) is 4.85. The molecule has 0 atom stereocenters. The first-order valence-corrected chi connectivity index (χ1v) is 6.71. The van der Waals surface area contributed by atoms with Gasteiger partial charge < -0.3 is 10.5 Å². The van der Waals surface area contributed by atoms with Crippen LogP contribution in [0.15, 0.2) is 58.6 Å². The molecular weight excluding hydrogens is 298 g/mol. The number of nitrogens with one attached hydrogen (secondary N) is 1. The molecule has 8 nitrogen and oxygen atoms in total. The molecule has 0 aliphatic heterocycles. The van der Waals surface area contributed by atoms with Crippen molar-refractivity contribution in [1.29, 1.82) is 0 Å². The molecule has 0 amide bonds. The number of hydrogen-bond acceptors (Lipinski definition) is 6. The Morgan fingerprint density at radius 3 is 2.57 bits per heavy atom. The largest absolute Gasteiger partial charge is 0.421 e. The van der Waals surface area contributed by atoms with Gasteiger partial charge in [0.2, 0.25) is 0 Å². The van der Waals surface area contributed by atoms with Crippen LogP contribution in [0.5, 0.6) is 0 Å². The predicted octanol–water partition coefficient (Wildman–Crippen LogP) is 0.985. The summed E-state index contributed by atoms with van der Waals surface area (Å²) in [6.45, 7) is 0. The highest BCUT2D eigenvalue weighted by Crippen LogP contribution is 2.22. The van der Waals surface area contributed by atoms with Crippen molar-refractivity contribution < 1.29 is 5.21 Å². The Labute approximate surface area is 130 Å². The lowest BCUT2D eigenvalue weighted by atomic mass is 10.1. The predicted molar refractivity (Wildman–Crippen MR) is 83.9 cm³/mol. The molecule has 2 N–H and O–H groups in total. The zero-order valence-electron chi connectivity index (χ0n) is 12.2. The van der Waals surface area contributed by atoms with Gasteiger partial charge >= 0.3 is 5.69 Å². The molecule has 0 aliphatic carbocycles. The van der Waals surface area contributed by atoms with Crippen LogP contribution in [0.1, 0.15) is 0 Å². The maximum Gasteiger partial charge on any atom is 0.365 e. The van der Waals surface area contributed by atoms with Crippen LogP contribution in [0.3, 0.4) is 0 Å². The smallest absolute Gasteiger partial charge is 0.365 e. The molecule has 116 valence electrons. The van der Waals surface area contributed by atoms with E-state index in [0.29, 0.717) is 5.69 Å². The fourth-order valence-electron chi connectivity index (χ4n) is 2.11. The number of hydrogen-bond donors (Lipinski definition) is 2. The van der Waals surface area contributed by atoms with E-state index in [0.717, 1.165) is 21.8 Å². The van der Waals surface area contributed by atoms with Crippen molar-refractivity contribution in [2.45, 2.75) is 0 Å². The second-order valence-corrected chi connectivity index (χ2v) is 4.85. The number of anilines is 2. The average molecular weight is 311 g/mol. The van der Waals surface area contributed by atoms with E-state index in [1.54, 1.807) is 18.5 Å². The quantitative estimate of drug-likeness (QED) is 0.699. The van der Waals surface area contributed by atoms with E-state index in [1.807, 2.05) is 18.2 Å². The molecule has 0 radical (unpaired) electrons. The number of rotatable bonds is 3. The molecule has 0 aliphatic rings. The normalized spacial score (nSPS) is 10.5. The molecule has 3 aromatic rings. The SMILES string of the molecule is Cn1c(Nc2cccc(-c3cncnc3)c2)cc(=O)n(O)c1=O. The van der Waals surface area contributed by atoms with E-state index >= 15 is 0 Å². The standard InChI is InChI=1S/C15H13N5O3/c1-19-13(6-14(21)20(23)15(19)22)18-12-4-2-3-10(5-12)11-7-16-9-17-8-11/h2-9,18,23H,1H3. The first kappa shape index (κ1) is 14.5. The molecule has 0 unspecified atom stereocenters. The molecule has 8 heteroatoms. The van der Waals surface area contributed by atoms with Gasteiger partial charge in [-0.2, -0.15) is 0 Å². The van der Waals surface area contributed by atoms with E-state index in [-0.39, 0.29) is 10.5 Å². The third kappa shape index (κ3) is 2.82. The monoisotopic (exact) mass is 311 g/mol. The van der Waals surface area contributed by atoms with Gasteiger partial charge in [-0.3, -0.25) is 9.36 Å². The Balaban J connectivity index is 1.99. The van der Waals surface area contributed by atoms with E-state index in [9.17, 15) is 14.8 Å². The zero-order valence-corrected chi connectivity index (χ0v) is 12.2. The highest BCUT2D eigenvalue weighted by atomic mass is 16.5. The van der Waals surface area contributed by atoms with E-state index in [1.165, 1.54) is 13.4 Å². The minimum absolute atomic E-state index is 0.0584. The molecule has 0 saturated heterocycles. The lowest BCUT2D eigenvalue weighted by Crippen LogP contribution is -2.37. The highest BCUT2D eigenvalue weighted by Gasteiger charge is 2.08. The van der Waals surface area contributed by atoms with Crippen molar-refractivity contribution in [3.8, 4) is 11.1 Å². The van der Waals surface area contributed by atoms with Gasteiger partial charge in [-0.1, -0.05) is 16.9 Å². The summed E-state index contributed by atoms with van der Waals surface area (Å²) < 4.78 is 1.20. The molecule has 3 rings (SSSR count). The van der Waals surface area contributed by atoms with Crippen LogP contribution >= 0.6 is 0 Å². The number of nitrogens with zero attached hydrogens (tertiary/aromatic N) is 4. The first-order valence-electron chi connectivity index (χ1n) is 6.71. The maximum absolute atomic E-state index is 11.7. The number of benzene rings is 1. The zero-order chi connectivity index (χ0) is 16.4. The Morgan fingerprint density at radius 2 is 1.83 bits per heavy atom. The van der Waals surface area contributed by atoms with Crippen LogP contribution in [0, 0.1) is 0 Å². The molecule has 0 spiro atoms. The van der Waals surface area contributed by atoms with Gasteiger partial charge in [0.05, 0.1) is 0 Å². The van der Waals surface area contributed by atoms with Gasteiger partial charge in [0, 0.05) is 36.8 Å². The van der Waals surface area contributed by atoms with E-state index < -0.39 is 11.2 Å². The van der Waals surface area contributed by atoms with Gasteiger partial charge in [-0.25, -0.2) is 14.8 Å². The van der Waals surface area contributed by atoms with Gasteiger partial charge in [-0.15, -0.1) is 0 Å². The third-order valence-corrected chi connectivity index (χ3v) is 3.33. The summed E-state index contributed by atoms with van der Waals surface area (Å²) in [5.74, 6) is 0.270. The summed E-state index contributed by atoms with van der Waals surface area (Å²) in [6, 6.07) is 8.50. The molecule has 2 aromatic heterocycles. The van der Waals surface area contributed by atoms with Crippen molar-refractivity contribution in [3.05, 3.63) is 69.9 Å². The fraction of sp³-hybridized carbons (Fsp3) is 0.0667. The fourth-order valence-corrected chi connectivity index (χ4v) is 2.11. The lowest BCUT2D eigenvalue weighted by Gasteiger charge is -2.12. The van der Waals surface area contributed by atoms with Crippen LogP contribution in [0.25, 0.3) is 11.1 Å². The Kier molecular flexibility index (Phi) is 3.63. The average Bonchev–Trinajstić information content (AvgIpc) is 2.59. The summed E-state index contributed by atoms with van der Waals surface area (Å²) >= 11 is 0. The highest BCUT2D eigenvalue weighted by molar-refractivity contribution is 5.69. The Hall–Kier alpha value is -3.42. The Bertz CT molecular complexity index is 963. The third-order valence-electron chi connectivity index (χ3n) is 3.33. The summed E-state index contributed by atoms with van der Waals surface area (Å²) in [6.07, 6.45) is 4.83. The van der Waals surface area contributed by atoms with Crippen LogP contribution in [0.2, 0.25) is 0 Å². The summed E-state index contributed by atoms with van der Waals surface area (Å²) in [4.78, 5) is 31.2. The molecule has 2 heterocycles. The van der Waals surface area contributed by atoms with Crippen LogP contribution in [-0.4, -0.2) is 24.5 Å². The van der Waals surface area contributed by atoms with Gasteiger partial charge in [0.15, 0.2) is 0 Å². The molecular formula is C15H13N5O3. The number of aromatic nitrogens is 4. The summed E-state index contributed by atoms with van der Waals surface area (Å²) in [5.41, 5.74) is 0.777. The van der Waals surface area contributed by atoms with Crippen molar-refractivity contribution in [2.24, 2.45) is 7.05 Å². The van der Waals surface area contributed by atoms with Gasteiger partial charge in [0.25, 0.3) is 5.56 Å². The van der Waals surface area contributed by atoms with Crippen molar-refractivity contribution in [1.82, 2.24) is 19.3 Å². The first-order chi connectivity index (χ1) is 11.1. The van der Waals surface area contributed by atoms with E-state index in [4.69, 9.17) is 0 Å². The van der Waals surface area contributed by atoms with Crippen molar-refractivity contribution in [3.63, 3.8) is 0 Å². The maximum atomic E-state index is 11.7. The molecule has 1 aromatic carbocycles. The molecule has 0 fully saturated rings. The minimum Gasteiger partial charge on any atom is -0.421 e. The minimum atomic E-state index is -0.826. The van der Waals surface area contributed by atoms with Gasteiger partial charge in [0.1, 0.15) is 12.1 Å². The summed E-state index contributed by atoms with van der Waals surface area (Å²) in [5, 5.41) is 12.3. The van der Waals surface area contributed by atoms with Crippen molar-refractivity contribution >= 4 is 11.5 Å². The van der Waals surface area contributed by atoms with Gasteiger partial charge in [-0.05, 0) is 17.7 Å². The van der Waals surface area contributed by atoms with Crippen LogP contribution in [0.4, 0.5) is 11.5 Å². The molecule has 0 saturated carbocycles. The topological polar surface area (TPSA) is 102 Å². The molecule has 23 heavy (non-hydrogen) atoms. The molecule has 0 bridgehead atoms. The lowest BCUT2D eigenvalue weighted by molar-refractivity contribution is 0.156. The van der Waals surface area contributed by atoms with Crippen LogP contribution < -0.4 is 16.6 Å². The van der Waals surface area contributed by atoms with Crippen LogP contribution in [-0.2, 0) is 7.05 Å². The van der Waals surface area contributed by atoms with E-state index in [2.05, 4.69) is 15.3 Å².